The number of halogens is 1. The van der Waals surface area contributed by atoms with E-state index in [-0.39, 0.29) is 5.75 Å². The standard InChI is InChI=1S/C6H9ClN2O2S/c1-4-6(3-12(7,10)11)5(2)9-8-4/h3H2,1-2H3,(H,8,9). The minimum atomic E-state index is -3.48. The molecule has 0 radical (unpaired) electrons. The van der Waals surface area contributed by atoms with E-state index in [4.69, 9.17) is 10.7 Å². The Hall–Kier alpha value is -0.550. The lowest BCUT2D eigenvalue weighted by Gasteiger charge is -1.95. The van der Waals surface area contributed by atoms with E-state index in [2.05, 4.69) is 10.2 Å². The second-order valence-electron chi connectivity index (χ2n) is 2.60. The highest BCUT2D eigenvalue weighted by molar-refractivity contribution is 8.13. The molecule has 1 rings (SSSR count). The van der Waals surface area contributed by atoms with Crippen molar-refractivity contribution < 1.29 is 8.42 Å². The van der Waals surface area contributed by atoms with E-state index >= 15 is 0 Å². The van der Waals surface area contributed by atoms with Gasteiger partial charge in [0.1, 0.15) is 0 Å². The number of aromatic amines is 1. The quantitative estimate of drug-likeness (QED) is 0.741. The van der Waals surface area contributed by atoms with Gasteiger partial charge in [0.15, 0.2) is 0 Å². The van der Waals surface area contributed by atoms with Gasteiger partial charge in [-0.3, -0.25) is 5.10 Å². The number of rotatable bonds is 2. The van der Waals surface area contributed by atoms with E-state index < -0.39 is 9.05 Å². The molecule has 6 heteroatoms. The van der Waals surface area contributed by atoms with Gasteiger partial charge in [-0.15, -0.1) is 0 Å². The van der Waals surface area contributed by atoms with Crippen LogP contribution in [0.3, 0.4) is 0 Å². The molecule has 0 saturated heterocycles. The van der Waals surface area contributed by atoms with Crippen LogP contribution in [-0.2, 0) is 14.8 Å². The molecule has 0 bridgehead atoms. The third-order valence-electron chi connectivity index (χ3n) is 1.60. The highest BCUT2D eigenvalue weighted by Gasteiger charge is 2.13. The van der Waals surface area contributed by atoms with Crippen molar-refractivity contribution in [2.45, 2.75) is 19.6 Å². The fraction of sp³-hybridized carbons (Fsp3) is 0.500. The van der Waals surface area contributed by atoms with Gasteiger partial charge in [0.05, 0.1) is 11.4 Å². The molecule has 0 unspecified atom stereocenters. The van der Waals surface area contributed by atoms with Crippen LogP contribution < -0.4 is 0 Å². The number of aryl methyl sites for hydroxylation is 2. The zero-order valence-electron chi connectivity index (χ0n) is 6.76. The molecule has 1 aromatic rings. The second kappa shape index (κ2) is 3.06. The Bertz CT molecular complexity index is 363. The number of hydrogen-bond donors (Lipinski definition) is 1. The minimum Gasteiger partial charge on any atom is -0.282 e. The molecule has 4 nitrogen and oxygen atoms in total. The van der Waals surface area contributed by atoms with Crippen molar-refractivity contribution in [1.82, 2.24) is 10.2 Å². The van der Waals surface area contributed by atoms with Crippen LogP contribution in [0.1, 0.15) is 17.0 Å². The van der Waals surface area contributed by atoms with E-state index in [1.165, 1.54) is 0 Å². The molecular weight excluding hydrogens is 200 g/mol. The van der Waals surface area contributed by atoms with Crippen LogP contribution >= 0.6 is 10.7 Å². The molecule has 0 amide bonds. The Balaban J connectivity index is 3.04. The summed E-state index contributed by atoms with van der Waals surface area (Å²) < 4.78 is 21.5. The van der Waals surface area contributed by atoms with Gasteiger partial charge in [0, 0.05) is 21.9 Å². The molecule has 0 fully saturated rings. The molecule has 0 aliphatic heterocycles. The molecule has 12 heavy (non-hydrogen) atoms. The van der Waals surface area contributed by atoms with Crippen molar-refractivity contribution in [1.29, 1.82) is 0 Å². The van der Waals surface area contributed by atoms with Crippen LogP contribution in [0.2, 0.25) is 0 Å². The summed E-state index contributed by atoms with van der Waals surface area (Å²) in [5, 5.41) is 6.54. The van der Waals surface area contributed by atoms with Gasteiger partial charge < -0.3 is 0 Å². The summed E-state index contributed by atoms with van der Waals surface area (Å²) in [5.41, 5.74) is 2.08. The molecule has 0 saturated carbocycles. The number of hydrogen-bond acceptors (Lipinski definition) is 3. The fourth-order valence-corrected chi connectivity index (χ4v) is 2.06. The van der Waals surface area contributed by atoms with Gasteiger partial charge >= 0.3 is 0 Å². The summed E-state index contributed by atoms with van der Waals surface area (Å²) in [5.74, 6) is -0.164. The van der Waals surface area contributed by atoms with Crippen LogP contribution in [0.25, 0.3) is 0 Å². The fourth-order valence-electron chi connectivity index (χ4n) is 0.959. The first kappa shape index (κ1) is 9.54. The molecule has 0 spiro atoms. The van der Waals surface area contributed by atoms with Crippen LogP contribution in [0.5, 0.6) is 0 Å². The predicted octanol–water partition coefficient (Wildman–Crippen LogP) is 1.10. The molecule has 0 aromatic carbocycles. The monoisotopic (exact) mass is 208 g/mol. The average molecular weight is 209 g/mol. The summed E-state index contributed by atoms with van der Waals surface area (Å²) in [6.45, 7) is 3.50. The van der Waals surface area contributed by atoms with E-state index in [0.717, 1.165) is 5.69 Å². The maximum atomic E-state index is 10.7. The van der Waals surface area contributed by atoms with Crippen molar-refractivity contribution in [2.24, 2.45) is 0 Å². The van der Waals surface area contributed by atoms with Crippen molar-refractivity contribution in [3.8, 4) is 0 Å². The molecular formula is C6H9ClN2O2S. The zero-order valence-corrected chi connectivity index (χ0v) is 8.33. The van der Waals surface area contributed by atoms with E-state index in [1.807, 2.05) is 0 Å². The summed E-state index contributed by atoms with van der Waals surface area (Å²) in [4.78, 5) is 0. The molecule has 1 heterocycles. The molecule has 68 valence electrons. The Labute approximate surface area is 75.4 Å². The van der Waals surface area contributed by atoms with Gasteiger partial charge in [0.25, 0.3) is 0 Å². The minimum absolute atomic E-state index is 0.164. The third-order valence-corrected chi connectivity index (χ3v) is 2.56. The first-order valence-electron chi connectivity index (χ1n) is 3.33. The molecule has 0 aliphatic rings. The van der Waals surface area contributed by atoms with Crippen LogP contribution in [-0.4, -0.2) is 18.6 Å². The predicted molar refractivity (Wildman–Crippen MR) is 46.5 cm³/mol. The van der Waals surface area contributed by atoms with Gasteiger partial charge in [-0.25, -0.2) is 8.42 Å². The molecule has 0 atom stereocenters. The van der Waals surface area contributed by atoms with E-state index in [0.29, 0.717) is 11.3 Å². The van der Waals surface area contributed by atoms with Crippen molar-refractivity contribution in [3.63, 3.8) is 0 Å². The lowest BCUT2D eigenvalue weighted by atomic mass is 10.2. The Morgan fingerprint density at radius 3 is 2.42 bits per heavy atom. The third kappa shape index (κ3) is 2.22. The van der Waals surface area contributed by atoms with Crippen LogP contribution in [0.4, 0.5) is 0 Å². The van der Waals surface area contributed by atoms with Gasteiger partial charge in [-0.2, -0.15) is 5.10 Å². The number of aromatic nitrogens is 2. The van der Waals surface area contributed by atoms with Crippen molar-refractivity contribution in [3.05, 3.63) is 17.0 Å². The van der Waals surface area contributed by atoms with Gasteiger partial charge in [0.2, 0.25) is 9.05 Å². The molecule has 1 aromatic heterocycles. The Morgan fingerprint density at radius 1 is 1.50 bits per heavy atom. The normalized spacial score (nSPS) is 11.9. The second-order valence-corrected chi connectivity index (χ2v) is 5.37. The van der Waals surface area contributed by atoms with Crippen LogP contribution in [0.15, 0.2) is 0 Å². The maximum absolute atomic E-state index is 10.7. The SMILES string of the molecule is Cc1n[nH]c(C)c1CS(=O)(=O)Cl. The van der Waals surface area contributed by atoms with Gasteiger partial charge in [-0.05, 0) is 13.8 Å². The van der Waals surface area contributed by atoms with Crippen molar-refractivity contribution >= 4 is 19.7 Å². The highest BCUT2D eigenvalue weighted by Crippen LogP contribution is 2.15. The summed E-state index contributed by atoms with van der Waals surface area (Å²) in [6.07, 6.45) is 0. The maximum Gasteiger partial charge on any atom is 0.236 e. The topological polar surface area (TPSA) is 62.8 Å². The lowest BCUT2D eigenvalue weighted by Crippen LogP contribution is -1.97. The smallest absolute Gasteiger partial charge is 0.236 e. The summed E-state index contributed by atoms with van der Waals surface area (Å²) in [7, 11) is 1.62. The summed E-state index contributed by atoms with van der Waals surface area (Å²) >= 11 is 0. The van der Waals surface area contributed by atoms with E-state index in [1.54, 1.807) is 13.8 Å². The highest BCUT2D eigenvalue weighted by atomic mass is 35.7. The first-order chi connectivity index (χ1) is 5.40. The van der Waals surface area contributed by atoms with Crippen LogP contribution in [0, 0.1) is 13.8 Å². The van der Waals surface area contributed by atoms with E-state index in [9.17, 15) is 8.42 Å². The lowest BCUT2D eigenvalue weighted by molar-refractivity contribution is 0.608. The summed E-state index contributed by atoms with van der Waals surface area (Å²) in [6, 6.07) is 0. The first-order valence-corrected chi connectivity index (χ1v) is 5.81. The van der Waals surface area contributed by atoms with Gasteiger partial charge in [-0.1, -0.05) is 0 Å². The Kier molecular flexibility index (Phi) is 2.44. The number of H-pyrrole nitrogens is 1. The Morgan fingerprint density at radius 2 is 2.08 bits per heavy atom. The number of nitrogens with one attached hydrogen (secondary N) is 1. The zero-order chi connectivity index (χ0) is 9.35. The average Bonchev–Trinajstić information content (AvgIpc) is 2.16. The largest absolute Gasteiger partial charge is 0.282 e. The molecule has 0 aliphatic carbocycles. The molecule has 1 N–H and O–H groups in total. The van der Waals surface area contributed by atoms with Crippen molar-refractivity contribution in [2.75, 3.05) is 0 Å². The number of nitrogens with zero attached hydrogens (tertiary/aromatic N) is 1.